The number of carbonyl (C=O) groups is 1. The number of hydrogen-bond acceptors (Lipinski definition) is 7. The molecular weight excluding hydrogens is 717 g/mol. The fourth-order valence-electron chi connectivity index (χ4n) is 6.48. The Morgan fingerprint density at radius 1 is 0.833 bits per heavy atom. The quantitative estimate of drug-likeness (QED) is 0.0563. The molecule has 1 aliphatic rings. The van der Waals surface area contributed by atoms with E-state index in [9.17, 15) is 4.79 Å². The molecule has 4 aromatic carbocycles. The van der Waals surface area contributed by atoms with Crippen LogP contribution in [0, 0.1) is 6.92 Å². The molecule has 280 valence electrons. The van der Waals surface area contributed by atoms with Gasteiger partial charge in [0, 0.05) is 61.1 Å². The lowest BCUT2D eigenvalue weighted by Gasteiger charge is -2.37. The van der Waals surface area contributed by atoms with E-state index in [4.69, 9.17) is 37.4 Å². The molecule has 2 heterocycles. The Balaban J connectivity index is 0.973. The number of pyridine rings is 1. The van der Waals surface area contributed by atoms with Crippen molar-refractivity contribution >= 4 is 35.2 Å². The van der Waals surface area contributed by atoms with Crippen LogP contribution >= 0.6 is 23.2 Å². The molecule has 1 saturated heterocycles. The van der Waals surface area contributed by atoms with E-state index in [2.05, 4.69) is 77.2 Å². The van der Waals surface area contributed by atoms with Gasteiger partial charge in [-0.1, -0.05) is 91.6 Å². The summed E-state index contributed by atoms with van der Waals surface area (Å²) < 4.78 is 17.9. The second kappa shape index (κ2) is 19.0. The zero-order valence-corrected chi connectivity index (χ0v) is 32.7. The highest BCUT2D eigenvalue weighted by molar-refractivity contribution is 6.32. The molecule has 1 aromatic heterocycles. The standard InChI is InChI=1S/C45H47Cl2N3O4/c1-32(2)36-14-16-39(17-15-36)52-26-6-7-34-10-12-35(13-11-34)30-49-21-23-50(24-22-49)43(20-25-51)38-27-33(3)45(42(47)28-38)54-44-19-18-40(29-48-44)53-31-37-8-4-5-9-41(37)46/h4-5,8-20,25,27-29,32H,6-7,21-24,26,30-31H2,1-3H3/b43-20+. The van der Waals surface area contributed by atoms with Crippen molar-refractivity contribution in [1.29, 1.82) is 0 Å². The summed E-state index contributed by atoms with van der Waals surface area (Å²) in [4.78, 5) is 20.9. The molecular formula is C45H47Cl2N3O4. The molecule has 0 unspecified atom stereocenters. The minimum absolute atomic E-state index is 0.334. The van der Waals surface area contributed by atoms with Crippen LogP contribution < -0.4 is 14.2 Å². The van der Waals surface area contributed by atoms with Crippen LogP contribution in [0.15, 0.2) is 109 Å². The number of ether oxygens (including phenoxy) is 3. The van der Waals surface area contributed by atoms with Crippen LogP contribution in [0.2, 0.25) is 10.0 Å². The van der Waals surface area contributed by atoms with Crippen LogP contribution in [0.3, 0.4) is 0 Å². The third kappa shape index (κ3) is 10.7. The van der Waals surface area contributed by atoms with E-state index >= 15 is 0 Å². The molecule has 0 bridgehead atoms. The third-order valence-electron chi connectivity index (χ3n) is 9.59. The Hall–Kier alpha value is -4.82. The molecule has 9 heteroatoms. The Morgan fingerprint density at radius 2 is 1.56 bits per heavy atom. The number of aryl methyl sites for hydroxylation is 2. The van der Waals surface area contributed by atoms with Gasteiger partial charge >= 0.3 is 0 Å². The summed E-state index contributed by atoms with van der Waals surface area (Å²) >= 11 is 13.0. The first-order chi connectivity index (χ1) is 26.2. The first kappa shape index (κ1) is 38.9. The minimum Gasteiger partial charge on any atom is -0.494 e. The van der Waals surface area contributed by atoms with Gasteiger partial charge in [0.15, 0.2) is 5.75 Å². The van der Waals surface area contributed by atoms with Gasteiger partial charge in [0.25, 0.3) is 0 Å². The summed E-state index contributed by atoms with van der Waals surface area (Å²) in [7, 11) is 0. The second-order valence-electron chi connectivity index (χ2n) is 13.9. The van der Waals surface area contributed by atoms with Crippen molar-refractivity contribution in [3.63, 3.8) is 0 Å². The van der Waals surface area contributed by atoms with Crippen molar-refractivity contribution in [2.75, 3.05) is 32.8 Å². The summed E-state index contributed by atoms with van der Waals surface area (Å²) in [6.45, 7) is 11.6. The van der Waals surface area contributed by atoms with Crippen LogP contribution in [0.5, 0.6) is 23.1 Å². The van der Waals surface area contributed by atoms with Gasteiger partial charge in [-0.2, -0.15) is 0 Å². The fraction of sp³-hybridized carbons (Fsp3) is 0.289. The number of nitrogens with zero attached hydrogens (tertiary/aromatic N) is 3. The molecule has 1 fully saturated rings. The summed E-state index contributed by atoms with van der Waals surface area (Å²) in [6.07, 6.45) is 6.02. The van der Waals surface area contributed by atoms with Gasteiger partial charge in [-0.25, -0.2) is 4.98 Å². The number of carbonyl (C=O) groups excluding carboxylic acids is 1. The van der Waals surface area contributed by atoms with Crippen molar-refractivity contribution in [3.8, 4) is 23.1 Å². The first-order valence-corrected chi connectivity index (χ1v) is 19.3. The van der Waals surface area contributed by atoms with Crippen molar-refractivity contribution < 1.29 is 19.0 Å². The molecule has 0 atom stereocenters. The molecule has 7 nitrogen and oxygen atoms in total. The Kier molecular flexibility index (Phi) is 13.7. The molecule has 5 aromatic rings. The molecule has 0 spiro atoms. The first-order valence-electron chi connectivity index (χ1n) is 18.5. The van der Waals surface area contributed by atoms with Gasteiger partial charge in [0.2, 0.25) is 5.88 Å². The van der Waals surface area contributed by atoms with E-state index in [1.807, 2.05) is 43.3 Å². The van der Waals surface area contributed by atoms with Crippen LogP contribution in [-0.2, 0) is 24.4 Å². The zero-order chi connectivity index (χ0) is 37.9. The second-order valence-corrected chi connectivity index (χ2v) is 14.7. The summed E-state index contributed by atoms with van der Waals surface area (Å²) in [5, 5.41) is 1.09. The van der Waals surface area contributed by atoms with E-state index in [1.54, 1.807) is 24.4 Å². The normalized spacial score (nSPS) is 13.6. The van der Waals surface area contributed by atoms with E-state index in [-0.39, 0.29) is 0 Å². The van der Waals surface area contributed by atoms with Crippen molar-refractivity contribution in [2.24, 2.45) is 0 Å². The zero-order valence-electron chi connectivity index (χ0n) is 31.1. The van der Waals surface area contributed by atoms with E-state index in [0.717, 1.165) is 80.0 Å². The highest BCUT2D eigenvalue weighted by Crippen LogP contribution is 2.36. The van der Waals surface area contributed by atoms with Gasteiger partial charge in [0.05, 0.1) is 17.8 Å². The highest BCUT2D eigenvalue weighted by atomic mass is 35.5. The lowest BCUT2D eigenvalue weighted by atomic mass is 10.0. The van der Waals surface area contributed by atoms with E-state index < -0.39 is 0 Å². The summed E-state index contributed by atoms with van der Waals surface area (Å²) in [6, 6.07) is 32.3. The van der Waals surface area contributed by atoms with E-state index in [1.165, 1.54) is 16.7 Å². The number of allylic oxidation sites excluding steroid dienone is 1. The maximum absolute atomic E-state index is 11.8. The Bertz CT molecular complexity index is 1980. The maximum atomic E-state index is 11.8. The van der Waals surface area contributed by atoms with Crippen molar-refractivity contribution in [2.45, 2.75) is 52.7 Å². The minimum atomic E-state index is 0.334. The molecule has 0 aliphatic carbocycles. The molecule has 0 amide bonds. The van der Waals surface area contributed by atoms with Crippen LogP contribution in [0.25, 0.3) is 5.70 Å². The van der Waals surface area contributed by atoms with Crippen LogP contribution in [0.4, 0.5) is 0 Å². The molecule has 1 aliphatic heterocycles. The molecule has 0 radical (unpaired) electrons. The number of aromatic nitrogens is 1. The molecule has 0 saturated carbocycles. The number of aldehydes is 1. The fourth-order valence-corrected chi connectivity index (χ4v) is 6.98. The van der Waals surface area contributed by atoms with Crippen LogP contribution in [0.1, 0.15) is 59.6 Å². The molecule has 54 heavy (non-hydrogen) atoms. The monoisotopic (exact) mass is 763 g/mol. The number of hydrogen-bond donors (Lipinski definition) is 0. The average Bonchev–Trinajstić information content (AvgIpc) is 3.18. The van der Waals surface area contributed by atoms with Gasteiger partial charge < -0.3 is 19.1 Å². The van der Waals surface area contributed by atoms with E-state index in [0.29, 0.717) is 46.6 Å². The van der Waals surface area contributed by atoms with Crippen LogP contribution in [-0.4, -0.2) is 53.9 Å². The number of piperazine rings is 1. The summed E-state index contributed by atoms with van der Waals surface area (Å²) in [5.74, 6) is 2.95. The number of halogens is 2. The van der Waals surface area contributed by atoms with Gasteiger partial charge in [-0.05, 0) is 89.9 Å². The SMILES string of the molecule is Cc1cc(/C(=C\C=O)N2CCN(Cc3ccc(CCCOc4ccc(C(C)C)cc4)cc3)CC2)cc(Cl)c1Oc1ccc(OCc2ccccc2Cl)cn1. The summed E-state index contributed by atoms with van der Waals surface area (Å²) in [5.41, 5.74) is 7.39. The van der Waals surface area contributed by atoms with Crippen molar-refractivity contribution in [3.05, 3.63) is 153 Å². The van der Waals surface area contributed by atoms with Crippen molar-refractivity contribution in [1.82, 2.24) is 14.8 Å². The van der Waals surface area contributed by atoms with Gasteiger partial charge in [-0.3, -0.25) is 9.69 Å². The number of rotatable bonds is 16. The highest BCUT2D eigenvalue weighted by Gasteiger charge is 2.22. The third-order valence-corrected chi connectivity index (χ3v) is 10.2. The molecule has 0 N–H and O–H groups in total. The predicted octanol–water partition coefficient (Wildman–Crippen LogP) is 10.6. The maximum Gasteiger partial charge on any atom is 0.219 e. The number of benzene rings is 4. The Labute approximate surface area is 329 Å². The average molecular weight is 765 g/mol. The lowest BCUT2D eigenvalue weighted by Crippen LogP contribution is -2.45. The molecule has 6 rings (SSSR count). The largest absolute Gasteiger partial charge is 0.494 e. The predicted molar refractivity (Wildman–Crippen MR) is 218 cm³/mol. The van der Waals surface area contributed by atoms with Gasteiger partial charge in [0.1, 0.15) is 24.4 Å². The topological polar surface area (TPSA) is 64.1 Å². The Morgan fingerprint density at radius 3 is 2.22 bits per heavy atom. The van der Waals surface area contributed by atoms with Gasteiger partial charge in [-0.15, -0.1) is 0 Å². The lowest BCUT2D eigenvalue weighted by molar-refractivity contribution is -0.104. The smallest absolute Gasteiger partial charge is 0.219 e.